The van der Waals surface area contributed by atoms with Crippen molar-refractivity contribution in [2.45, 2.75) is 2.89 Å². The van der Waals surface area contributed by atoms with Gasteiger partial charge < -0.3 is 0 Å². The van der Waals surface area contributed by atoms with Gasteiger partial charge in [-0.3, -0.25) is 0 Å². The molecule has 0 heterocycles. The van der Waals surface area contributed by atoms with Crippen LogP contribution in [-0.4, -0.2) is 2.89 Å². The molecule has 0 nitrogen and oxygen atoms in total. The van der Waals surface area contributed by atoms with Crippen molar-refractivity contribution in [2.75, 3.05) is 0 Å². The van der Waals surface area contributed by atoms with Crippen molar-refractivity contribution in [1.82, 2.24) is 0 Å². The SMILES string of the molecule is F[C](F)(Cl)[Hg][c]1ccccc1. The van der Waals surface area contributed by atoms with E-state index in [2.05, 4.69) is 0 Å². The van der Waals surface area contributed by atoms with Crippen LogP contribution in [0.4, 0.5) is 8.78 Å². The Balaban J connectivity index is 2.66. The summed E-state index contributed by atoms with van der Waals surface area (Å²) in [5, 5.41) is 0. The fraction of sp³-hybridized carbons (Fsp3) is 0.143. The molecule has 0 aromatic heterocycles. The molecule has 0 amide bonds. The van der Waals surface area contributed by atoms with Gasteiger partial charge in [-0.25, -0.2) is 0 Å². The molecule has 4 heteroatoms. The normalized spacial score (nSPS) is 10.8. The molecule has 0 aliphatic rings. The predicted octanol–water partition coefficient (Wildman–Crippen LogP) is 2.18. The van der Waals surface area contributed by atoms with Crippen molar-refractivity contribution in [1.29, 1.82) is 0 Å². The minimum absolute atomic E-state index is 0.771. The molecule has 0 saturated heterocycles. The number of hydrogen-bond donors (Lipinski definition) is 0. The average molecular weight is 363 g/mol. The Hall–Kier alpha value is 0.305. The quantitative estimate of drug-likeness (QED) is 0.558. The molecule has 1 aromatic rings. The first-order valence-corrected chi connectivity index (χ1v) is 9.06. The van der Waals surface area contributed by atoms with E-state index in [-0.39, 0.29) is 0 Å². The second-order valence-electron chi connectivity index (χ2n) is 2.28. The molecular formula is C7H5ClF2Hg. The number of rotatable bonds is 2. The summed E-state index contributed by atoms with van der Waals surface area (Å²) in [5.74, 6) is 0. The van der Waals surface area contributed by atoms with Gasteiger partial charge in [-0.2, -0.15) is 0 Å². The molecule has 0 aliphatic heterocycles. The molecule has 0 spiro atoms. The Morgan fingerprint density at radius 3 is 2.18 bits per heavy atom. The Kier molecular flexibility index (Phi) is 3.25. The first-order chi connectivity index (χ1) is 5.08. The third-order valence-corrected chi connectivity index (χ3v) is 7.40. The van der Waals surface area contributed by atoms with Gasteiger partial charge in [0, 0.05) is 0 Å². The zero-order valence-electron chi connectivity index (χ0n) is 5.73. The third-order valence-electron chi connectivity index (χ3n) is 1.25. The van der Waals surface area contributed by atoms with Crippen LogP contribution in [0.5, 0.6) is 0 Å². The summed E-state index contributed by atoms with van der Waals surface area (Å²) in [5.41, 5.74) is 0. The maximum atomic E-state index is 12.3. The van der Waals surface area contributed by atoms with E-state index in [0.717, 1.165) is 3.07 Å². The maximum absolute atomic E-state index is 12.3. The van der Waals surface area contributed by atoms with Crippen LogP contribution in [0.15, 0.2) is 30.3 Å². The van der Waals surface area contributed by atoms with Crippen LogP contribution in [0, 0.1) is 0 Å². The zero-order valence-corrected chi connectivity index (χ0v) is 12.0. The molecule has 0 atom stereocenters. The van der Waals surface area contributed by atoms with Crippen LogP contribution < -0.4 is 3.07 Å². The second kappa shape index (κ2) is 3.81. The van der Waals surface area contributed by atoms with Crippen LogP contribution in [-0.2, 0) is 24.6 Å². The van der Waals surface area contributed by atoms with Crippen molar-refractivity contribution in [3.63, 3.8) is 0 Å². The average Bonchev–Trinajstić information content (AvgIpc) is 1.85. The molecule has 0 N–H and O–H groups in total. The molecule has 1 rings (SSSR count). The van der Waals surface area contributed by atoms with Gasteiger partial charge in [-0.1, -0.05) is 0 Å². The van der Waals surface area contributed by atoms with Gasteiger partial charge >= 0.3 is 81.3 Å². The fourth-order valence-corrected chi connectivity index (χ4v) is 5.96. The number of benzene rings is 1. The molecule has 56 valence electrons. The van der Waals surface area contributed by atoms with E-state index in [1.165, 1.54) is 0 Å². The van der Waals surface area contributed by atoms with Crippen molar-refractivity contribution in [3.8, 4) is 0 Å². The summed E-state index contributed by atoms with van der Waals surface area (Å²) in [7, 11) is 0. The minimum atomic E-state index is -2.90. The number of hydrogen-bond acceptors (Lipinski definition) is 0. The molecular weight excluding hydrogens is 358 g/mol. The van der Waals surface area contributed by atoms with Gasteiger partial charge in [0.15, 0.2) is 0 Å². The first-order valence-electron chi connectivity index (χ1n) is 3.18. The van der Waals surface area contributed by atoms with Crippen LogP contribution in [0.2, 0.25) is 0 Å². The fourth-order valence-electron chi connectivity index (χ4n) is 0.827. The molecule has 0 unspecified atom stereocenters. The molecule has 11 heavy (non-hydrogen) atoms. The topological polar surface area (TPSA) is 0 Å². The van der Waals surface area contributed by atoms with E-state index >= 15 is 0 Å². The predicted molar refractivity (Wildman–Crippen MR) is 36.9 cm³/mol. The molecule has 0 aliphatic carbocycles. The number of alkyl halides is 3. The summed E-state index contributed by atoms with van der Waals surface area (Å²) < 4.78 is 22.4. The molecule has 0 saturated carbocycles. The van der Waals surface area contributed by atoms with Crippen LogP contribution >= 0.6 is 11.6 Å². The summed E-state index contributed by atoms with van der Waals surface area (Å²) in [6.07, 6.45) is 0. The standard InChI is InChI=1S/C6H5.CClF2.Hg/c1-2-4-6-5-3-1;2-1(3)4;/h1-5H;;. The van der Waals surface area contributed by atoms with E-state index in [4.69, 9.17) is 11.6 Å². The monoisotopic (exact) mass is 364 g/mol. The zero-order chi connectivity index (χ0) is 8.32. The van der Waals surface area contributed by atoms with Crippen molar-refractivity contribution in [3.05, 3.63) is 30.3 Å². The third kappa shape index (κ3) is 4.02. The Morgan fingerprint density at radius 2 is 1.73 bits per heavy atom. The molecule has 0 fully saturated rings. The van der Waals surface area contributed by atoms with Gasteiger partial charge in [0.05, 0.1) is 0 Å². The van der Waals surface area contributed by atoms with E-state index < -0.39 is 27.5 Å². The molecule has 0 radical (unpaired) electrons. The number of halogens is 3. The van der Waals surface area contributed by atoms with Crippen molar-refractivity contribution >= 4 is 14.7 Å². The van der Waals surface area contributed by atoms with Gasteiger partial charge in [-0.15, -0.1) is 0 Å². The van der Waals surface area contributed by atoms with E-state index in [0.29, 0.717) is 0 Å². The molecule has 1 aromatic carbocycles. The Labute approximate surface area is 81.0 Å². The van der Waals surface area contributed by atoms with Gasteiger partial charge in [-0.05, 0) is 0 Å². The van der Waals surface area contributed by atoms with Crippen molar-refractivity contribution in [2.24, 2.45) is 0 Å². The molecule has 0 bridgehead atoms. The van der Waals surface area contributed by atoms with E-state index in [1.807, 2.05) is 6.07 Å². The van der Waals surface area contributed by atoms with E-state index in [9.17, 15) is 8.78 Å². The van der Waals surface area contributed by atoms with Gasteiger partial charge in [0.2, 0.25) is 0 Å². The summed E-state index contributed by atoms with van der Waals surface area (Å²) >= 11 is 2.45. The van der Waals surface area contributed by atoms with Crippen LogP contribution in [0.1, 0.15) is 0 Å². The summed E-state index contributed by atoms with van der Waals surface area (Å²) in [4.78, 5) is 0. The first kappa shape index (κ1) is 9.39. The van der Waals surface area contributed by atoms with Gasteiger partial charge in [0.25, 0.3) is 0 Å². The van der Waals surface area contributed by atoms with Crippen LogP contribution in [0.25, 0.3) is 0 Å². The Morgan fingerprint density at radius 1 is 1.18 bits per heavy atom. The second-order valence-corrected chi connectivity index (χ2v) is 12.6. The van der Waals surface area contributed by atoms with Crippen molar-refractivity contribution < 1.29 is 33.4 Å². The Bertz CT molecular complexity index is 220. The van der Waals surface area contributed by atoms with E-state index in [1.54, 1.807) is 24.3 Å². The summed E-state index contributed by atoms with van der Waals surface area (Å²) in [6.45, 7) is 0. The van der Waals surface area contributed by atoms with Crippen LogP contribution in [0.3, 0.4) is 0 Å². The van der Waals surface area contributed by atoms with Gasteiger partial charge in [0.1, 0.15) is 0 Å². The summed E-state index contributed by atoms with van der Waals surface area (Å²) in [6, 6.07) is 8.77.